The van der Waals surface area contributed by atoms with Gasteiger partial charge < -0.3 is 5.73 Å². The molecule has 0 unspecified atom stereocenters. The van der Waals surface area contributed by atoms with Crippen LogP contribution in [0.4, 0.5) is 4.39 Å². The highest BCUT2D eigenvalue weighted by Gasteiger charge is 2.12. The summed E-state index contributed by atoms with van der Waals surface area (Å²) < 4.78 is 36.9. The molecule has 0 radical (unpaired) electrons. The first-order valence-corrected chi connectivity index (χ1v) is 7.98. The SMILES string of the molecule is CCCCCS(=O)(=O)Cc1ccc(F)c(CN)c1. The van der Waals surface area contributed by atoms with E-state index in [9.17, 15) is 12.8 Å². The minimum Gasteiger partial charge on any atom is -0.326 e. The molecule has 0 atom stereocenters. The summed E-state index contributed by atoms with van der Waals surface area (Å²) in [6.07, 6.45) is 2.59. The van der Waals surface area contributed by atoms with Crippen molar-refractivity contribution in [1.29, 1.82) is 0 Å². The molecule has 0 spiro atoms. The Labute approximate surface area is 108 Å². The van der Waals surface area contributed by atoms with Crippen molar-refractivity contribution in [3.8, 4) is 0 Å². The van der Waals surface area contributed by atoms with Crippen LogP contribution in [-0.2, 0) is 22.1 Å². The molecule has 0 saturated heterocycles. The summed E-state index contributed by atoms with van der Waals surface area (Å²) in [6, 6.07) is 4.32. The topological polar surface area (TPSA) is 60.2 Å². The van der Waals surface area contributed by atoms with Crippen LogP contribution in [-0.4, -0.2) is 14.2 Å². The molecule has 0 heterocycles. The summed E-state index contributed by atoms with van der Waals surface area (Å²) in [6.45, 7) is 2.11. The molecular weight excluding hydrogens is 253 g/mol. The van der Waals surface area contributed by atoms with Crippen molar-refractivity contribution in [3.05, 3.63) is 35.1 Å². The molecular formula is C13H20FNO2S. The monoisotopic (exact) mass is 273 g/mol. The minimum atomic E-state index is -3.11. The van der Waals surface area contributed by atoms with Crippen LogP contribution in [0.15, 0.2) is 18.2 Å². The Kier molecular flexibility index (Phi) is 5.75. The van der Waals surface area contributed by atoms with Gasteiger partial charge in [0.25, 0.3) is 0 Å². The van der Waals surface area contributed by atoms with E-state index in [0.717, 1.165) is 12.8 Å². The lowest BCUT2D eigenvalue weighted by Crippen LogP contribution is -2.10. The molecule has 0 amide bonds. The maximum Gasteiger partial charge on any atom is 0.154 e. The van der Waals surface area contributed by atoms with Crippen LogP contribution in [0.1, 0.15) is 37.3 Å². The van der Waals surface area contributed by atoms with Gasteiger partial charge in [-0.3, -0.25) is 0 Å². The Balaban J connectivity index is 2.72. The molecule has 0 aliphatic rings. The lowest BCUT2D eigenvalue weighted by Gasteiger charge is -2.06. The lowest BCUT2D eigenvalue weighted by atomic mass is 10.1. The summed E-state index contributed by atoms with van der Waals surface area (Å²) in [5, 5.41) is 0. The molecule has 1 aromatic rings. The van der Waals surface area contributed by atoms with E-state index in [2.05, 4.69) is 0 Å². The Morgan fingerprint density at radius 2 is 2.00 bits per heavy atom. The quantitative estimate of drug-likeness (QED) is 0.776. The van der Waals surface area contributed by atoms with Gasteiger partial charge in [0.2, 0.25) is 0 Å². The van der Waals surface area contributed by atoms with E-state index in [1.54, 1.807) is 0 Å². The van der Waals surface area contributed by atoms with E-state index in [0.29, 0.717) is 17.5 Å². The van der Waals surface area contributed by atoms with Crippen LogP contribution >= 0.6 is 0 Å². The third kappa shape index (κ3) is 4.74. The van der Waals surface area contributed by atoms with Crippen LogP contribution < -0.4 is 5.73 Å². The molecule has 2 N–H and O–H groups in total. The van der Waals surface area contributed by atoms with Crippen molar-refractivity contribution in [2.24, 2.45) is 5.73 Å². The van der Waals surface area contributed by atoms with E-state index < -0.39 is 9.84 Å². The van der Waals surface area contributed by atoms with Crippen LogP contribution in [0, 0.1) is 5.82 Å². The van der Waals surface area contributed by atoms with Gasteiger partial charge in [-0.15, -0.1) is 0 Å². The van der Waals surface area contributed by atoms with Crippen molar-refractivity contribution in [3.63, 3.8) is 0 Å². The maximum absolute atomic E-state index is 13.2. The van der Waals surface area contributed by atoms with Crippen molar-refractivity contribution in [1.82, 2.24) is 0 Å². The van der Waals surface area contributed by atoms with E-state index in [1.165, 1.54) is 18.2 Å². The molecule has 1 aromatic carbocycles. The molecule has 5 heteroatoms. The fourth-order valence-electron chi connectivity index (χ4n) is 1.77. The lowest BCUT2D eigenvalue weighted by molar-refractivity contribution is 0.589. The van der Waals surface area contributed by atoms with Crippen LogP contribution in [0.3, 0.4) is 0 Å². The summed E-state index contributed by atoms with van der Waals surface area (Å²) >= 11 is 0. The number of nitrogens with two attached hydrogens (primary N) is 1. The molecule has 0 aromatic heterocycles. The second-order valence-electron chi connectivity index (χ2n) is 4.43. The largest absolute Gasteiger partial charge is 0.326 e. The number of hydrogen-bond acceptors (Lipinski definition) is 3. The second-order valence-corrected chi connectivity index (χ2v) is 6.61. The van der Waals surface area contributed by atoms with Crippen LogP contribution in [0.2, 0.25) is 0 Å². The summed E-state index contributed by atoms with van der Waals surface area (Å²) in [5.41, 5.74) is 6.35. The zero-order chi connectivity index (χ0) is 13.6. The van der Waals surface area contributed by atoms with Crippen LogP contribution in [0.25, 0.3) is 0 Å². The molecule has 0 aliphatic heterocycles. The van der Waals surface area contributed by atoms with Gasteiger partial charge in [-0.05, 0) is 18.1 Å². The first-order valence-electron chi connectivity index (χ1n) is 6.16. The highest BCUT2D eigenvalue weighted by Crippen LogP contribution is 2.14. The predicted octanol–water partition coefficient (Wildman–Crippen LogP) is 2.39. The molecule has 0 aliphatic carbocycles. The van der Waals surface area contributed by atoms with Gasteiger partial charge >= 0.3 is 0 Å². The fraction of sp³-hybridized carbons (Fsp3) is 0.538. The highest BCUT2D eigenvalue weighted by molar-refractivity contribution is 7.90. The fourth-order valence-corrected chi connectivity index (χ4v) is 3.25. The Morgan fingerprint density at radius 3 is 2.61 bits per heavy atom. The number of hydrogen-bond donors (Lipinski definition) is 1. The van der Waals surface area contributed by atoms with E-state index in [-0.39, 0.29) is 23.9 Å². The average molecular weight is 273 g/mol. The van der Waals surface area contributed by atoms with Gasteiger partial charge in [0.05, 0.1) is 11.5 Å². The van der Waals surface area contributed by atoms with Crippen molar-refractivity contribution in [2.45, 2.75) is 38.5 Å². The first-order chi connectivity index (χ1) is 8.48. The number of benzene rings is 1. The number of unbranched alkanes of at least 4 members (excludes halogenated alkanes) is 2. The number of rotatable bonds is 7. The molecule has 0 bridgehead atoms. The third-order valence-electron chi connectivity index (χ3n) is 2.78. The average Bonchev–Trinajstić information content (AvgIpc) is 2.31. The van der Waals surface area contributed by atoms with E-state index in [4.69, 9.17) is 5.73 Å². The molecule has 0 fully saturated rings. The van der Waals surface area contributed by atoms with Gasteiger partial charge in [0, 0.05) is 12.1 Å². The Hall–Kier alpha value is -0.940. The predicted molar refractivity (Wildman–Crippen MR) is 71.3 cm³/mol. The summed E-state index contributed by atoms with van der Waals surface area (Å²) in [4.78, 5) is 0. The Morgan fingerprint density at radius 1 is 1.28 bits per heavy atom. The zero-order valence-electron chi connectivity index (χ0n) is 10.7. The number of sulfone groups is 1. The summed E-state index contributed by atoms with van der Waals surface area (Å²) in [7, 11) is -3.11. The third-order valence-corrected chi connectivity index (χ3v) is 4.46. The normalized spacial score (nSPS) is 11.7. The standard InChI is InChI=1S/C13H20FNO2S/c1-2-3-4-7-18(16,17)10-11-5-6-13(14)12(8-11)9-15/h5-6,8H,2-4,7,9-10,15H2,1H3. The number of halogens is 1. The summed E-state index contributed by atoms with van der Waals surface area (Å²) in [5.74, 6) is -0.232. The van der Waals surface area contributed by atoms with E-state index in [1.807, 2.05) is 6.92 Å². The molecule has 102 valence electrons. The second kappa shape index (κ2) is 6.85. The highest BCUT2D eigenvalue weighted by atomic mass is 32.2. The van der Waals surface area contributed by atoms with Gasteiger partial charge in [-0.2, -0.15) is 0 Å². The maximum atomic E-state index is 13.2. The van der Waals surface area contributed by atoms with Gasteiger partial charge in [-0.1, -0.05) is 31.9 Å². The smallest absolute Gasteiger partial charge is 0.154 e. The van der Waals surface area contributed by atoms with Gasteiger partial charge in [0.15, 0.2) is 9.84 Å². The van der Waals surface area contributed by atoms with Crippen molar-refractivity contribution >= 4 is 9.84 Å². The van der Waals surface area contributed by atoms with Gasteiger partial charge in [0.1, 0.15) is 5.82 Å². The first kappa shape index (κ1) is 15.1. The van der Waals surface area contributed by atoms with Crippen molar-refractivity contribution < 1.29 is 12.8 Å². The molecule has 1 rings (SSSR count). The molecule has 18 heavy (non-hydrogen) atoms. The zero-order valence-corrected chi connectivity index (χ0v) is 11.5. The molecule has 3 nitrogen and oxygen atoms in total. The minimum absolute atomic E-state index is 0.0377. The van der Waals surface area contributed by atoms with E-state index >= 15 is 0 Å². The van der Waals surface area contributed by atoms with Crippen molar-refractivity contribution in [2.75, 3.05) is 5.75 Å². The van der Waals surface area contributed by atoms with Crippen LogP contribution in [0.5, 0.6) is 0 Å². The van der Waals surface area contributed by atoms with Gasteiger partial charge in [-0.25, -0.2) is 12.8 Å². The Bertz CT molecular complexity index is 486. The molecule has 0 saturated carbocycles.